The molecule has 3 nitrogen and oxygen atoms in total. The fourth-order valence-electron chi connectivity index (χ4n) is 2.03. The first-order valence-corrected chi connectivity index (χ1v) is 8.39. The predicted octanol–water partition coefficient (Wildman–Crippen LogP) is 4.56. The Morgan fingerprint density at radius 1 is 1.18 bits per heavy atom. The van der Waals surface area contributed by atoms with Gasteiger partial charge in [0.25, 0.3) is 5.91 Å². The first kappa shape index (κ1) is 15.3. The second kappa shape index (κ2) is 6.24. The predicted molar refractivity (Wildman–Crippen MR) is 97.9 cm³/mol. The Morgan fingerprint density at radius 3 is 2.59 bits per heavy atom. The van der Waals surface area contributed by atoms with Gasteiger partial charge in [0, 0.05) is 10.5 Å². The average Bonchev–Trinajstić information content (AvgIpc) is 2.76. The van der Waals surface area contributed by atoms with Crippen molar-refractivity contribution < 1.29 is 9.90 Å². The van der Waals surface area contributed by atoms with Gasteiger partial charge >= 0.3 is 0 Å². The summed E-state index contributed by atoms with van der Waals surface area (Å²) in [5.41, 5.74) is 1.50. The number of hydrogen-bond donors (Lipinski definition) is 1. The molecule has 0 radical (unpaired) electrons. The Balaban J connectivity index is 1.93. The van der Waals surface area contributed by atoms with Crippen LogP contribution in [0.15, 0.2) is 57.9 Å². The van der Waals surface area contributed by atoms with Crippen molar-refractivity contribution in [2.24, 2.45) is 0 Å². The lowest BCUT2D eigenvalue weighted by Gasteiger charge is -2.14. The number of aromatic hydroxyl groups is 1. The van der Waals surface area contributed by atoms with Crippen LogP contribution in [-0.2, 0) is 4.79 Å². The van der Waals surface area contributed by atoms with E-state index in [1.807, 2.05) is 30.3 Å². The molecular formula is C16H10BrNO2S2. The summed E-state index contributed by atoms with van der Waals surface area (Å²) in [6, 6.07) is 14.2. The minimum atomic E-state index is -0.177. The van der Waals surface area contributed by atoms with Crippen molar-refractivity contribution >= 4 is 61.9 Å². The molecule has 1 fully saturated rings. The highest BCUT2D eigenvalue weighted by Crippen LogP contribution is 2.36. The number of thiocarbonyl (C=S) groups is 1. The van der Waals surface area contributed by atoms with Crippen LogP contribution in [0.4, 0.5) is 5.69 Å². The van der Waals surface area contributed by atoms with Gasteiger partial charge in [-0.15, -0.1) is 0 Å². The Bertz CT molecular complexity index is 787. The maximum absolute atomic E-state index is 12.6. The lowest BCUT2D eigenvalue weighted by molar-refractivity contribution is -0.113. The van der Waals surface area contributed by atoms with Crippen molar-refractivity contribution in [3.05, 3.63) is 63.5 Å². The van der Waals surface area contributed by atoms with Crippen LogP contribution < -0.4 is 4.90 Å². The summed E-state index contributed by atoms with van der Waals surface area (Å²) < 4.78 is 1.44. The second-order valence-corrected chi connectivity index (χ2v) is 7.18. The van der Waals surface area contributed by atoms with E-state index in [-0.39, 0.29) is 11.7 Å². The van der Waals surface area contributed by atoms with E-state index in [0.29, 0.717) is 14.9 Å². The smallest absolute Gasteiger partial charge is 0.270 e. The number of carbonyl (C=O) groups excluding carboxylic acids is 1. The molecule has 0 atom stereocenters. The normalized spacial score (nSPS) is 16.6. The van der Waals surface area contributed by atoms with Crippen LogP contribution in [0.25, 0.3) is 6.08 Å². The monoisotopic (exact) mass is 391 g/mol. The van der Waals surface area contributed by atoms with Crippen LogP contribution in [-0.4, -0.2) is 15.3 Å². The van der Waals surface area contributed by atoms with Gasteiger partial charge in [-0.05, 0) is 35.9 Å². The summed E-state index contributed by atoms with van der Waals surface area (Å²) in [7, 11) is 0. The molecule has 22 heavy (non-hydrogen) atoms. The minimum Gasteiger partial charge on any atom is -0.508 e. The molecule has 0 aliphatic carbocycles. The van der Waals surface area contributed by atoms with Gasteiger partial charge in [0.05, 0.1) is 10.6 Å². The standard InChI is InChI=1S/C16H10BrNO2S2/c17-11-6-4-10(5-7-11)8-14-15(20)18(16(21)22-14)12-2-1-3-13(19)9-12/h1-9,19H. The number of phenolic OH excluding ortho intramolecular Hbond substituents is 1. The van der Waals surface area contributed by atoms with Crippen LogP contribution in [0.1, 0.15) is 5.56 Å². The van der Waals surface area contributed by atoms with E-state index in [1.165, 1.54) is 22.7 Å². The molecule has 1 saturated heterocycles. The quantitative estimate of drug-likeness (QED) is 0.601. The van der Waals surface area contributed by atoms with Crippen molar-refractivity contribution in [3.8, 4) is 5.75 Å². The largest absolute Gasteiger partial charge is 0.508 e. The summed E-state index contributed by atoms with van der Waals surface area (Å²) in [5, 5.41) is 9.57. The lowest BCUT2D eigenvalue weighted by Crippen LogP contribution is -2.27. The van der Waals surface area contributed by atoms with E-state index >= 15 is 0 Å². The van der Waals surface area contributed by atoms with Gasteiger partial charge in [-0.25, -0.2) is 0 Å². The van der Waals surface area contributed by atoms with Gasteiger partial charge in [-0.2, -0.15) is 0 Å². The van der Waals surface area contributed by atoms with Crippen LogP contribution in [0, 0.1) is 0 Å². The lowest BCUT2D eigenvalue weighted by atomic mass is 10.2. The Morgan fingerprint density at radius 2 is 1.91 bits per heavy atom. The number of rotatable bonds is 2. The van der Waals surface area contributed by atoms with Crippen molar-refractivity contribution in [2.75, 3.05) is 4.90 Å². The molecule has 2 aromatic rings. The SMILES string of the molecule is O=C1C(=Cc2ccc(Br)cc2)SC(=S)N1c1cccc(O)c1. The van der Waals surface area contributed by atoms with Crippen molar-refractivity contribution in [1.82, 2.24) is 0 Å². The molecule has 1 aliphatic heterocycles. The average molecular weight is 392 g/mol. The van der Waals surface area contributed by atoms with Crippen molar-refractivity contribution in [1.29, 1.82) is 0 Å². The summed E-state index contributed by atoms with van der Waals surface area (Å²) >= 11 is 9.93. The third kappa shape index (κ3) is 3.09. The van der Waals surface area contributed by atoms with Crippen molar-refractivity contribution in [2.45, 2.75) is 0 Å². The second-order valence-electron chi connectivity index (χ2n) is 4.59. The van der Waals surface area contributed by atoms with Gasteiger partial charge < -0.3 is 5.11 Å². The first-order chi connectivity index (χ1) is 10.5. The Labute approximate surface area is 145 Å². The van der Waals surface area contributed by atoms with E-state index in [1.54, 1.807) is 18.2 Å². The Hall–Kier alpha value is -1.63. The molecule has 1 amide bonds. The van der Waals surface area contributed by atoms with Crippen molar-refractivity contribution in [3.63, 3.8) is 0 Å². The number of halogens is 1. The highest BCUT2D eigenvalue weighted by Gasteiger charge is 2.33. The fraction of sp³-hybridized carbons (Fsp3) is 0. The molecule has 0 spiro atoms. The molecule has 0 saturated carbocycles. The fourth-order valence-corrected chi connectivity index (χ4v) is 3.60. The molecule has 110 valence electrons. The molecule has 1 N–H and O–H groups in total. The van der Waals surface area contributed by atoms with E-state index < -0.39 is 0 Å². The van der Waals surface area contributed by atoms with Gasteiger partial charge in [0.2, 0.25) is 0 Å². The van der Waals surface area contributed by atoms with Gasteiger partial charge in [-0.1, -0.05) is 58.1 Å². The summed E-state index contributed by atoms with van der Waals surface area (Å²) in [6.07, 6.45) is 1.81. The van der Waals surface area contributed by atoms with E-state index in [0.717, 1.165) is 10.0 Å². The number of benzene rings is 2. The maximum atomic E-state index is 12.6. The number of thioether (sulfide) groups is 1. The molecule has 1 aliphatic rings. The van der Waals surface area contributed by atoms with Crippen LogP contribution >= 0.6 is 39.9 Å². The first-order valence-electron chi connectivity index (χ1n) is 6.37. The van der Waals surface area contributed by atoms with Gasteiger partial charge in [0.15, 0.2) is 4.32 Å². The number of nitrogens with zero attached hydrogens (tertiary/aromatic N) is 1. The molecule has 0 unspecified atom stereocenters. The third-order valence-electron chi connectivity index (χ3n) is 3.05. The summed E-state index contributed by atoms with van der Waals surface area (Å²) in [4.78, 5) is 14.6. The minimum absolute atomic E-state index is 0.100. The summed E-state index contributed by atoms with van der Waals surface area (Å²) in [6.45, 7) is 0. The molecule has 3 rings (SSSR count). The zero-order valence-electron chi connectivity index (χ0n) is 11.2. The molecular weight excluding hydrogens is 382 g/mol. The number of hydrogen-bond acceptors (Lipinski definition) is 4. The number of phenols is 1. The Kier molecular flexibility index (Phi) is 4.33. The molecule has 2 aromatic carbocycles. The molecule has 1 heterocycles. The van der Waals surface area contributed by atoms with E-state index in [4.69, 9.17) is 12.2 Å². The number of carbonyl (C=O) groups is 1. The van der Waals surface area contributed by atoms with E-state index in [9.17, 15) is 9.90 Å². The molecule has 0 aromatic heterocycles. The third-order valence-corrected chi connectivity index (χ3v) is 4.88. The number of anilines is 1. The van der Waals surface area contributed by atoms with Crippen LogP contribution in [0.2, 0.25) is 0 Å². The zero-order valence-corrected chi connectivity index (χ0v) is 14.4. The maximum Gasteiger partial charge on any atom is 0.270 e. The highest BCUT2D eigenvalue weighted by atomic mass is 79.9. The molecule has 0 bridgehead atoms. The van der Waals surface area contributed by atoms with Gasteiger partial charge in [-0.3, -0.25) is 9.69 Å². The zero-order chi connectivity index (χ0) is 15.7. The molecule has 6 heteroatoms. The number of amides is 1. The topological polar surface area (TPSA) is 40.5 Å². The highest BCUT2D eigenvalue weighted by molar-refractivity contribution is 9.10. The van der Waals surface area contributed by atoms with Gasteiger partial charge in [0.1, 0.15) is 5.75 Å². The van der Waals surface area contributed by atoms with Crippen LogP contribution in [0.3, 0.4) is 0 Å². The summed E-state index contributed by atoms with van der Waals surface area (Å²) in [5.74, 6) is -0.0769. The van der Waals surface area contributed by atoms with E-state index in [2.05, 4.69) is 15.9 Å². The van der Waals surface area contributed by atoms with Crippen LogP contribution in [0.5, 0.6) is 5.75 Å².